The van der Waals surface area contributed by atoms with E-state index in [0.29, 0.717) is 17.8 Å². The van der Waals surface area contributed by atoms with Gasteiger partial charge in [0.05, 0.1) is 12.1 Å². The number of aryl methyl sites for hydroxylation is 2. The van der Waals surface area contributed by atoms with Crippen molar-refractivity contribution in [2.45, 2.75) is 13.8 Å². The van der Waals surface area contributed by atoms with Crippen LogP contribution >= 0.6 is 0 Å². The van der Waals surface area contributed by atoms with E-state index in [1.165, 1.54) is 0 Å². The summed E-state index contributed by atoms with van der Waals surface area (Å²) in [5.41, 5.74) is 9.23. The molecule has 0 saturated heterocycles. The average Bonchev–Trinajstić information content (AvgIpc) is 2.48. The Labute approximate surface area is 124 Å². The Morgan fingerprint density at radius 2 is 2.14 bits per heavy atom. The van der Waals surface area contributed by atoms with E-state index in [0.717, 1.165) is 16.8 Å². The molecule has 0 atom stereocenters. The molecule has 3 N–H and O–H groups in total. The van der Waals surface area contributed by atoms with Crippen molar-refractivity contribution in [3.05, 3.63) is 58.9 Å². The monoisotopic (exact) mass is 279 g/mol. The van der Waals surface area contributed by atoms with Gasteiger partial charge >= 0.3 is 0 Å². The van der Waals surface area contributed by atoms with Crippen molar-refractivity contribution in [1.82, 2.24) is 4.98 Å². The second-order valence-corrected chi connectivity index (χ2v) is 4.63. The van der Waals surface area contributed by atoms with Gasteiger partial charge in [0.1, 0.15) is 0 Å². The van der Waals surface area contributed by atoms with Crippen molar-refractivity contribution in [2.24, 2.45) is 5.73 Å². The fraction of sp³-hybridized carbons (Fsp3) is 0.176. The molecule has 0 aliphatic carbocycles. The van der Waals surface area contributed by atoms with Crippen LogP contribution in [-0.4, -0.2) is 17.4 Å². The smallest absolute Gasteiger partial charge is 0.257 e. The highest BCUT2D eigenvalue weighted by atomic mass is 16.1. The Morgan fingerprint density at radius 1 is 1.33 bits per heavy atom. The first-order valence-electron chi connectivity index (χ1n) is 6.64. The number of rotatable bonds is 2. The number of carbonyl (C=O) groups is 1. The van der Waals surface area contributed by atoms with E-state index in [1.807, 2.05) is 32.0 Å². The topological polar surface area (TPSA) is 68.0 Å². The Bertz CT molecular complexity index is 726. The van der Waals surface area contributed by atoms with Gasteiger partial charge in [0.15, 0.2) is 0 Å². The number of benzene rings is 1. The number of aromatic nitrogens is 1. The highest BCUT2D eigenvalue weighted by Crippen LogP contribution is 2.17. The molecule has 106 valence electrons. The van der Waals surface area contributed by atoms with Gasteiger partial charge in [-0.15, -0.1) is 0 Å². The summed E-state index contributed by atoms with van der Waals surface area (Å²) >= 11 is 0. The molecule has 2 aromatic rings. The minimum Gasteiger partial charge on any atom is -0.322 e. The third-order valence-electron chi connectivity index (χ3n) is 3.06. The van der Waals surface area contributed by atoms with Crippen molar-refractivity contribution in [1.29, 1.82) is 0 Å². The lowest BCUT2D eigenvalue weighted by molar-refractivity contribution is 0.102. The molecule has 1 aromatic carbocycles. The van der Waals surface area contributed by atoms with E-state index in [4.69, 9.17) is 5.73 Å². The first-order valence-corrected chi connectivity index (χ1v) is 6.64. The van der Waals surface area contributed by atoms with Crippen molar-refractivity contribution < 1.29 is 4.79 Å². The van der Waals surface area contributed by atoms with Gasteiger partial charge < -0.3 is 11.1 Å². The normalized spacial score (nSPS) is 9.67. The van der Waals surface area contributed by atoms with Crippen LogP contribution in [-0.2, 0) is 0 Å². The van der Waals surface area contributed by atoms with E-state index < -0.39 is 0 Å². The SMILES string of the molecule is Cc1cc(C#CCN)ccc1NC(=O)c1cccnc1C. The van der Waals surface area contributed by atoms with Crippen LogP contribution in [0.25, 0.3) is 0 Å². The van der Waals surface area contributed by atoms with Crippen molar-refractivity contribution in [3.8, 4) is 11.8 Å². The maximum absolute atomic E-state index is 12.2. The molecule has 1 aromatic heterocycles. The zero-order valence-corrected chi connectivity index (χ0v) is 12.1. The maximum atomic E-state index is 12.2. The largest absolute Gasteiger partial charge is 0.322 e. The van der Waals surface area contributed by atoms with E-state index >= 15 is 0 Å². The summed E-state index contributed by atoms with van der Waals surface area (Å²) in [6.07, 6.45) is 1.67. The zero-order valence-electron chi connectivity index (χ0n) is 12.1. The van der Waals surface area contributed by atoms with E-state index in [-0.39, 0.29) is 5.91 Å². The molecule has 0 aliphatic heterocycles. The molecule has 4 heteroatoms. The van der Waals surface area contributed by atoms with E-state index in [9.17, 15) is 4.79 Å². The lowest BCUT2D eigenvalue weighted by Gasteiger charge is -2.10. The number of pyridine rings is 1. The summed E-state index contributed by atoms with van der Waals surface area (Å²) in [5.74, 6) is 5.61. The molecule has 0 bridgehead atoms. The molecule has 0 saturated carbocycles. The van der Waals surface area contributed by atoms with Gasteiger partial charge in [-0.2, -0.15) is 0 Å². The van der Waals surface area contributed by atoms with Crippen LogP contribution in [0, 0.1) is 25.7 Å². The standard InChI is InChI=1S/C17H17N3O/c1-12-11-14(5-3-9-18)7-8-16(12)20-17(21)15-6-4-10-19-13(15)2/h4,6-8,10-11H,9,18H2,1-2H3,(H,20,21). The van der Waals surface area contributed by atoms with Gasteiger partial charge in [0.25, 0.3) is 5.91 Å². The second kappa shape index (κ2) is 6.69. The quantitative estimate of drug-likeness (QED) is 0.829. The number of anilines is 1. The van der Waals surface area contributed by atoms with Crippen LogP contribution < -0.4 is 11.1 Å². The summed E-state index contributed by atoms with van der Waals surface area (Å²) in [6.45, 7) is 4.07. The first kappa shape index (κ1) is 14.8. The third-order valence-corrected chi connectivity index (χ3v) is 3.06. The van der Waals surface area contributed by atoms with Gasteiger partial charge in [-0.25, -0.2) is 0 Å². The van der Waals surface area contributed by atoms with Gasteiger partial charge in [-0.1, -0.05) is 11.8 Å². The van der Waals surface area contributed by atoms with Gasteiger partial charge in [-0.3, -0.25) is 9.78 Å². The number of hydrogen-bond acceptors (Lipinski definition) is 3. The van der Waals surface area contributed by atoms with E-state index in [1.54, 1.807) is 18.3 Å². The molecule has 1 heterocycles. The number of nitrogens with zero attached hydrogens (tertiary/aromatic N) is 1. The predicted molar refractivity (Wildman–Crippen MR) is 84.0 cm³/mol. The molecule has 0 spiro atoms. The summed E-state index contributed by atoms with van der Waals surface area (Å²) < 4.78 is 0. The molecule has 0 radical (unpaired) electrons. The third kappa shape index (κ3) is 3.68. The molecule has 4 nitrogen and oxygen atoms in total. The Balaban J connectivity index is 2.20. The average molecular weight is 279 g/mol. The minimum absolute atomic E-state index is 0.163. The summed E-state index contributed by atoms with van der Waals surface area (Å²) in [6, 6.07) is 9.14. The predicted octanol–water partition coefficient (Wildman–Crippen LogP) is 2.26. The lowest BCUT2D eigenvalue weighted by Crippen LogP contribution is -2.14. The molecule has 0 fully saturated rings. The van der Waals surface area contributed by atoms with Crippen LogP contribution in [0.5, 0.6) is 0 Å². The van der Waals surface area contributed by atoms with Gasteiger partial charge in [0, 0.05) is 23.1 Å². The lowest BCUT2D eigenvalue weighted by atomic mass is 10.1. The molecule has 1 amide bonds. The van der Waals surface area contributed by atoms with Crippen molar-refractivity contribution >= 4 is 11.6 Å². The van der Waals surface area contributed by atoms with Gasteiger partial charge in [-0.05, 0) is 49.7 Å². The number of nitrogens with one attached hydrogen (secondary N) is 1. The van der Waals surface area contributed by atoms with Crippen LogP contribution in [0.3, 0.4) is 0 Å². The second-order valence-electron chi connectivity index (χ2n) is 4.63. The summed E-state index contributed by atoms with van der Waals surface area (Å²) in [4.78, 5) is 16.4. The van der Waals surface area contributed by atoms with Crippen LogP contribution in [0.1, 0.15) is 27.2 Å². The van der Waals surface area contributed by atoms with Crippen LogP contribution in [0.4, 0.5) is 5.69 Å². The molecule has 0 aliphatic rings. The van der Waals surface area contributed by atoms with E-state index in [2.05, 4.69) is 22.1 Å². The van der Waals surface area contributed by atoms with Crippen LogP contribution in [0.2, 0.25) is 0 Å². The highest BCUT2D eigenvalue weighted by molar-refractivity contribution is 6.05. The Morgan fingerprint density at radius 3 is 2.81 bits per heavy atom. The Kier molecular flexibility index (Phi) is 4.70. The maximum Gasteiger partial charge on any atom is 0.257 e. The van der Waals surface area contributed by atoms with Crippen molar-refractivity contribution in [2.75, 3.05) is 11.9 Å². The molecule has 21 heavy (non-hydrogen) atoms. The number of nitrogens with two attached hydrogens (primary N) is 1. The Hall–Kier alpha value is -2.64. The zero-order chi connectivity index (χ0) is 15.2. The fourth-order valence-electron chi connectivity index (χ4n) is 1.95. The minimum atomic E-state index is -0.163. The molecule has 0 unspecified atom stereocenters. The van der Waals surface area contributed by atoms with Crippen LogP contribution in [0.15, 0.2) is 36.5 Å². The summed E-state index contributed by atoms with van der Waals surface area (Å²) in [7, 11) is 0. The molecular weight excluding hydrogens is 262 g/mol. The number of hydrogen-bond donors (Lipinski definition) is 2. The van der Waals surface area contributed by atoms with Gasteiger partial charge in [0.2, 0.25) is 0 Å². The highest BCUT2D eigenvalue weighted by Gasteiger charge is 2.10. The number of amides is 1. The summed E-state index contributed by atoms with van der Waals surface area (Å²) in [5, 5.41) is 2.90. The first-order chi connectivity index (χ1) is 10.1. The number of carbonyl (C=O) groups excluding carboxylic acids is 1. The van der Waals surface area contributed by atoms with Crippen molar-refractivity contribution in [3.63, 3.8) is 0 Å². The molecular formula is C17H17N3O. The fourth-order valence-corrected chi connectivity index (χ4v) is 1.95. The molecule has 2 rings (SSSR count).